The number of aryl methyl sites for hydroxylation is 1. The Labute approximate surface area is 131 Å². The quantitative estimate of drug-likeness (QED) is 0.468. The lowest BCUT2D eigenvalue weighted by molar-refractivity contribution is -0.157. The SMILES string of the molecule is CCOC(=O)C(C=Nc1scc(C)c1C(=O)O)C(=O)OCC. The van der Waals surface area contributed by atoms with Gasteiger partial charge in [-0.05, 0) is 31.7 Å². The summed E-state index contributed by atoms with van der Waals surface area (Å²) in [6, 6.07) is 0. The van der Waals surface area contributed by atoms with Crippen LogP contribution in [0.15, 0.2) is 10.4 Å². The maximum atomic E-state index is 11.8. The van der Waals surface area contributed by atoms with Crippen LogP contribution >= 0.6 is 11.3 Å². The first kappa shape index (κ1) is 17.8. The summed E-state index contributed by atoms with van der Waals surface area (Å²) in [6.45, 7) is 5.10. The minimum Gasteiger partial charge on any atom is -0.478 e. The molecule has 0 atom stereocenters. The van der Waals surface area contributed by atoms with Gasteiger partial charge in [0.1, 0.15) is 5.00 Å². The number of thiophene rings is 1. The number of carbonyl (C=O) groups excluding carboxylic acids is 2. The molecule has 22 heavy (non-hydrogen) atoms. The third-order valence-corrected chi connectivity index (χ3v) is 3.60. The Morgan fingerprint density at radius 1 is 1.27 bits per heavy atom. The molecule has 0 saturated carbocycles. The molecule has 0 aliphatic heterocycles. The lowest BCUT2D eigenvalue weighted by atomic mass is 10.1. The van der Waals surface area contributed by atoms with Gasteiger partial charge >= 0.3 is 17.9 Å². The van der Waals surface area contributed by atoms with E-state index in [1.165, 1.54) is 0 Å². The highest BCUT2D eigenvalue weighted by molar-refractivity contribution is 7.14. The molecule has 1 heterocycles. The highest BCUT2D eigenvalue weighted by Gasteiger charge is 2.28. The van der Waals surface area contributed by atoms with E-state index < -0.39 is 23.8 Å². The topological polar surface area (TPSA) is 102 Å². The van der Waals surface area contributed by atoms with Crippen molar-refractivity contribution in [2.45, 2.75) is 20.8 Å². The Morgan fingerprint density at radius 2 is 1.82 bits per heavy atom. The van der Waals surface area contributed by atoms with Crippen LogP contribution in [0.5, 0.6) is 0 Å². The number of aliphatic imine (C=N–C) groups is 1. The molecule has 0 unspecified atom stereocenters. The molecule has 0 amide bonds. The van der Waals surface area contributed by atoms with E-state index in [0.717, 1.165) is 17.6 Å². The number of carboxylic acid groups (broad SMARTS) is 1. The molecular formula is C14H17NO6S. The van der Waals surface area contributed by atoms with Crippen molar-refractivity contribution in [3.8, 4) is 0 Å². The standard InChI is InChI=1S/C14H17NO6S/c1-4-20-13(18)9(14(19)21-5-2)6-15-11-10(12(16)17)8(3)7-22-11/h6-7,9H,4-5H2,1-3H3,(H,16,17). The normalized spacial score (nSPS) is 10.9. The minimum absolute atomic E-state index is 0.0488. The van der Waals surface area contributed by atoms with E-state index in [1.807, 2.05) is 0 Å². The molecule has 7 nitrogen and oxygen atoms in total. The van der Waals surface area contributed by atoms with Crippen molar-refractivity contribution < 1.29 is 29.0 Å². The van der Waals surface area contributed by atoms with E-state index in [0.29, 0.717) is 5.56 Å². The number of hydrogen-bond acceptors (Lipinski definition) is 7. The molecule has 1 N–H and O–H groups in total. The largest absolute Gasteiger partial charge is 0.478 e. The molecule has 1 aromatic rings. The van der Waals surface area contributed by atoms with Gasteiger partial charge in [0.15, 0.2) is 5.92 Å². The van der Waals surface area contributed by atoms with Crippen molar-refractivity contribution in [3.63, 3.8) is 0 Å². The van der Waals surface area contributed by atoms with Crippen LogP contribution in [0.4, 0.5) is 5.00 Å². The van der Waals surface area contributed by atoms with Crippen molar-refractivity contribution >= 4 is 40.5 Å². The van der Waals surface area contributed by atoms with Gasteiger partial charge in [-0.15, -0.1) is 11.3 Å². The summed E-state index contributed by atoms with van der Waals surface area (Å²) in [6.07, 6.45) is 1.06. The predicted molar refractivity (Wildman–Crippen MR) is 80.9 cm³/mol. The van der Waals surface area contributed by atoms with Gasteiger partial charge in [-0.1, -0.05) is 0 Å². The van der Waals surface area contributed by atoms with E-state index in [-0.39, 0.29) is 23.8 Å². The molecule has 1 aromatic heterocycles. The maximum absolute atomic E-state index is 11.8. The van der Waals surface area contributed by atoms with Crippen molar-refractivity contribution in [2.24, 2.45) is 10.9 Å². The van der Waals surface area contributed by atoms with Gasteiger partial charge in [0.2, 0.25) is 0 Å². The average Bonchev–Trinajstić information content (AvgIpc) is 2.81. The Bertz CT molecular complexity index is 574. The van der Waals surface area contributed by atoms with E-state index in [4.69, 9.17) is 14.6 Å². The van der Waals surface area contributed by atoms with E-state index in [1.54, 1.807) is 26.2 Å². The summed E-state index contributed by atoms with van der Waals surface area (Å²) in [7, 11) is 0. The van der Waals surface area contributed by atoms with Crippen LogP contribution in [0.25, 0.3) is 0 Å². The van der Waals surface area contributed by atoms with Crippen LogP contribution in [0.1, 0.15) is 29.8 Å². The number of aromatic carboxylic acids is 1. The zero-order chi connectivity index (χ0) is 16.7. The Balaban J connectivity index is 3.05. The lowest BCUT2D eigenvalue weighted by Gasteiger charge is -2.09. The highest BCUT2D eigenvalue weighted by atomic mass is 32.1. The molecule has 1 rings (SSSR count). The zero-order valence-corrected chi connectivity index (χ0v) is 13.3. The maximum Gasteiger partial charge on any atom is 0.339 e. The Hall–Kier alpha value is -2.22. The summed E-state index contributed by atoms with van der Waals surface area (Å²) in [5.41, 5.74) is 0.612. The van der Waals surface area contributed by atoms with Crippen LogP contribution in [-0.2, 0) is 19.1 Å². The smallest absolute Gasteiger partial charge is 0.339 e. The Morgan fingerprint density at radius 3 is 2.27 bits per heavy atom. The van der Waals surface area contributed by atoms with Gasteiger partial charge in [0, 0.05) is 6.21 Å². The second-order valence-electron chi connectivity index (χ2n) is 4.16. The summed E-state index contributed by atoms with van der Waals surface area (Å²) >= 11 is 1.11. The minimum atomic E-state index is -1.32. The van der Waals surface area contributed by atoms with Crippen LogP contribution < -0.4 is 0 Å². The molecule has 8 heteroatoms. The second kappa shape index (κ2) is 8.28. The summed E-state index contributed by atoms with van der Waals surface area (Å²) < 4.78 is 9.60. The fraction of sp³-hybridized carbons (Fsp3) is 0.429. The third-order valence-electron chi connectivity index (χ3n) is 2.59. The number of carboxylic acids is 1. The first-order valence-electron chi connectivity index (χ1n) is 6.61. The first-order chi connectivity index (χ1) is 10.4. The number of carbonyl (C=O) groups is 3. The Kier molecular flexibility index (Phi) is 6.71. The van der Waals surface area contributed by atoms with Crippen LogP contribution in [0.2, 0.25) is 0 Å². The fourth-order valence-electron chi connectivity index (χ4n) is 1.61. The van der Waals surface area contributed by atoms with Gasteiger partial charge in [-0.25, -0.2) is 9.79 Å². The third kappa shape index (κ3) is 4.39. The predicted octanol–water partition coefficient (Wildman–Crippen LogP) is 2.20. The molecule has 0 aliphatic rings. The average molecular weight is 327 g/mol. The fourth-order valence-corrected chi connectivity index (χ4v) is 2.50. The molecule has 0 fully saturated rings. The lowest BCUT2D eigenvalue weighted by Crippen LogP contribution is -2.29. The highest BCUT2D eigenvalue weighted by Crippen LogP contribution is 2.30. The van der Waals surface area contributed by atoms with Crippen LogP contribution in [0.3, 0.4) is 0 Å². The second-order valence-corrected chi connectivity index (χ2v) is 5.02. The van der Waals surface area contributed by atoms with E-state index in [2.05, 4.69) is 4.99 Å². The van der Waals surface area contributed by atoms with Gasteiger partial charge in [0.25, 0.3) is 0 Å². The van der Waals surface area contributed by atoms with E-state index >= 15 is 0 Å². The van der Waals surface area contributed by atoms with Gasteiger partial charge in [0.05, 0.1) is 18.8 Å². The molecular weight excluding hydrogens is 310 g/mol. The number of ether oxygens (including phenoxy) is 2. The molecule has 0 spiro atoms. The molecule has 0 radical (unpaired) electrons. The van der Waals surface area contributed by atoms with Crippen LogP contribution in [-0.4, -0.2) is 42.4 Å². The number of nitrogens with zero attached hydrogens (tertiary/aromatic N) is 1. The summed E-state index contributed by atoms with van der Waals surface area (Å²) in [4.78, 5) is 38.7. The number of hydrogen-bond donors (Lipinski definition) is 1. The van der Waals surface area contributed by atoms with Crippen LogP contribution in [0, 0.1) is 12.8 Å². The molecule has 0 aliphatic carbocycles. The summed E-state index contributed by atoms with van der Waals surface area (Å²) in [5.74, 6) is -4.00. The monoisotopic (exact) mass is 327 g/mol. The van der Waals surface area contributed by atoms with Gasteiger partial charge in [-0.2, -0.15) is 0 Å². The summed E-state index contributed by atoms with van der Waals surface area (Å²) in [5, 5.41) is 11.0. The molecule has 0 saturated heterocycles. The van der Waals surface area contributed by atoms with Crippen molar-refractivity contribution in [2.75, 3.05) is 13.2 Å². The first-order valence-corrected chi connectivity index (χ1v) is 7.49. The van der Waals surface area contributed by atoms with Crippen molar-refractivity contribution in [1.29, 1.82) is 0 Å². The van der Waals surface area contributed by atoms with E-state index in [9.17, 15) is 14.4 Å². The zero-order valence-electron chi connectivity index (χ0n) is 12.5. The van der Waals surface area contributed by atoms with Crippen molar-refractivity contribution in [1.82, 2.24) is 0 Å². The number of esters is 2. The van der Waals surface area contributed by atoms with Crippen molar-refractivity contribution in [3.05, 3.63) is 16.5 Å². The molecule has 120 valence electrons. The molecule has 0 bridgehead atoms. The molecule has 0 aromatic carbocycles. The van der Waals surface area contributed by atoms with Gasteiger partial charge < -0.3 is 14.6 Å². The number of rotatable bonds is 7. The van der Waals surface area contributed by atoms with Gasteiger partial charge in [-0.3, -0.25) is 9.59 Å².